The van der Waals surface area contributed by atoms with Crippen LogP contribution in [0, 0.1) is 0 Å². The van der Waals surface area contributed by atoms with E-state index in [0.29, 0.717) is 12.2 Å². The van der Waals surface area contributed by atoms with E-state index >= 15 is 0 Å². The van der Waals surface area contributed by atoms with Crippen LogP contribution in [0.1, 0.15) is 13.3 Å². The van der Waals surface area contributed by atoms with Crippen LogP contribution in [0.2, 0.25) is 0 Å². The third kappa shape index (κ3) is 5.98. The number of thioether (sulfide) groups is 1. The Balaban J connectivity index is 3.25. The van der Waals surface area contributed by atoms with Crippen molar-refractivity contribution in [3.63, 3.8) is 0 Å². The first-order chi connectivity index (χ1) is 5.18. The molecule has 0 aliphatic rings. The van der Waals surface area contributed by atoms with E-state index in [2.05, 4.69) is 6.58 Å². The molecule has 0 aromatic heterocycles. The van der Waals surface area contributed by atoms with Gasteiger partial charge in [-0.15, -0.1) is 0 Å². The highest BCUT2D eigenvalue weighted by atomic mass is 32.2. The van der Waals surface area contributed by atoms with Crippen molar-refractivity contribution in [3.05, 3.63) is 12.2 Å². The molecular formula is C8H14O2S. The van der Waals surface area contributed by atoms with Crippen LogP contribution in [0.5, 0.6) is 0 Å². The van der Waals surface area contributed by atoms with Gasteiger partial charge in [-0.3, -0.25) is 0 Å². The first-order valence-corrected chi connectivity index (χ1v) is 4.89. The number of hydrogen-bond donors (Lipinski definition) is 0. The molecule has 0 aromatic carbocycles. The van der Waals surface area contributed by atoms with Gasteiger partial charge in [-0.2, -0.15) is 11.8 Å². The molecule has 0 bridgehead atoms. The monoisotopic (exact) mass is 174 g/mol. The SMILES string of the molecule is C=C(C)C(=O)OCCCSC. The predicted octanol–water partition coefficient (Wildman–Crippen LogP) is 1.86. The third-order valence-corrected chi connectivity index (χ3v) is 1.77. The third-order valence-electron chi connectivity index (χ3n) is 1.07. The van der Waals surface area contributed by atoms with Crippen LogP contribution in [0.4, 0.5) is 0 Å². The highest BCUT2D eigenvalue weighted by Crippen LogP contribution is 1.97. The number of esters is 1. The Hall–Kier alpha value is -0.440. The zero-order chi connectivity index (χ0) is 8.69. The summed E-state index contributed by atoms with van der Waals surface area (Å²) >= 11 is 1.75. The van der Waals surface area contributed by atoms with E-state index in [1.807, 2.05) is 6.26 Å². The van der Waals surface area contributed by atoms with Gasteiger partial charge < -0.3 is 4.74 Å². The zero-order valence-corrected chi connectivity index (χ0v) is 7.87. The molecule has 0 amide bonds. The van der Waals surface area contributed by atoms with Crippen LogP contribution >= 0.6 is 11.8 Å². The van der Waals surface area contributed by atoms with E-state index < -0.39 is 0 Å². The molecule has 0 saturated heterocycles. The first-order valence-electron chi connectivity index (χ1n) is 3.50. The summed E-state index contributed by atoms with van der Waals surface area (Å²) in [6, 6.07) is 0. The molecule has 0 radical (unpaired) electrons. The first kappa shape index (κ1) is 10.6. The van der Waals surface area contributed by atoms with Crippen molar-refractivity contribution in [1.82, 2.24) is 0 Å². The molecule has 0 aromatic rings. The summed E-state index contributed by atoms with van der Waals surface area (Å²) in [4.78, 5) is 10.8. The smallest absolute Gasteiger partial charge is 0.333 e. The van der Waals surface area contributed by atoms with Gasteiger partial charge in [0.1, 0.15) is 0 Å². The van der Waals surface area contributed by atoms with Crippen LogP contribution in [-0.4, -0.2) is 24.6 Å². The highest BCUT2D eigenvalue weighted by molar-refractivity contribution is 7.98. The Morgan fingerprint density at radius 2 is 2.27 bits per heavy atom. The topological polar surface area (TPSA) is 26.3 Å². The van der Waals surface area contributed by atoms with Crippen LogP contribution < -0.4 is 0 Å². The predicted molar refractivity (Wildman–Crippen MR) is 48.8 cm³/mol. The molecule has 0 aliphatic heterocycles. The average Bonchev–Trinajstić information content (AvgIpc) is 1.97. The number of hydrogen-bond acceptors (Lipinski definition) is 3. The fraction of sp³-hybridized carbons (Fsp3) is 0.625. The second kappa shape index (κ2) is 6.28. The van der Waals surface area contributed by atoms with Gasteiger partial charge in [0.15, 0.2) is 0 Å². The van der Waals surface area contributed by atoms with Gasteiger partial charge in [0, 0.05) is 5.57 Å². The summed E-state index contributed by atoms with van der Waals surface area (Å²) in [5, 5.41) is 0. The van der Waals surface area contributed by atoms with Crippen LogP contribution in [0.25, 0.3) is 0 Å². The fourth-order valence-corrected chi connectivity index (χ4v) is 0.898. The van der Waals surface area contributed by atoms with Crippen LogP contribution in [0.15, 0.2) is 12.2 Å². The quantitative estimate of drug-likeness (QED) is 0.361. The minimum Gasteiger partial charge on any atom is -0.462 e. The summed E-state index contributed by atoms with van der Waals surface area (Å²) in [5.74, 6) is 0.745. The van der Waals surface area contributed by atoms with Gasteiger partial charge in [0.05, 0.1) is 6.61 Å². The van der Waals surface area contributed by atoms with E-state index in [4.69, 9.17) is 4.74 Å². The van der Waals surface area contributed by atoms with Gasteiger partial charge >= 0.3 is 5.97 Å². The summed E-state index contributed by atoms with van der Waals surface area (Å²) in [5.41, 5.74) is 0.467. The van der Waals surface area contributed by atoms with E-state index in [9.17, 15) is 4.79 Å². The molecule has 3 heteroatoms. The summed E-state index contributed by atoms with van der Waals surface area (Å²) in [6.45, 7) is 5.63. The fourth-order valence-electron chi connectivity index (χ4n) is 0.491. The van der Waals surface area contributed by atoms with Crippen molar-refractivity contribution in [2.24, 2.45) is 0 Å². The molecule has 0 spiro atoms. The number of carbonyl (C=O) groups excluding carboxylic acids is 1. The molecule has 2 nitrogen and oxygen atoms in total. The Bertz CT molecular complexity index is 143. The molecule has 64 valence electrons. The Morgan fingerprint density at radius 1 is 1.64 bits per heavy atom. The largest absolute Gasteiger partial charge is 0.462 e. The van der Waals surface area contributed by atoms with Crippen molar-refractivity contribution in [3.8, 4) is 0 Å². The lowest BCUT2D eigenvalue weighted by Crippen LogP contribution is -2.06. The van der Waals surface area contributed by atoms with Crippen molar-refractivity contribution in [1.29, 1.82) is 0 Å². The number of ether oxygens (including phenoxy) is 1. The van der Waals surface area contributed by atoms with Gasteiger partial charge in [0.25, 0.3) is 0 Å². The second-order valence-corrected chi connectivity index (χ2v) is 3.25. The molecule has 0 aliphatic carbocycles. The Morgan fingerprint density at radius 3 is 2.73 bits per heavy atom. The lowest BCUT2D eigenvalue weighted by molar-refractivity contribution is -0.138. The van der Waals surface area contributed by atoms with E-state index in [-0.39, 0.29) is 5.97 Å². The minimum atomic E-state index is -0.286. The lowest BCUT2D eigenvalue weighted by atomic mass is 10.4. The standard InChI is InChI=1S/C8H14O2S/c1-7(2)8(9)10-5-4-6-11-3/h1,4-6H2,2-3H3. The summed E-state index contributed by atoms with van der Waals surface area (Å²) < 4.78 is 4.85. The molecule has 0 saturated carbocycles. The Labute approximate surface area is 72.0 Å². The molecule has 0 rings (SSSR count). The van der Waals surface area contributed by atoms with Crippen molar-refractivity contribution in [2.75, 3.05) is 18.6 Å². The maximum absolute atomic E-state index is 10.8. The van der Waals surface area contributed by atoms with E-state index in [0.717, 1.165) is 12.2 Å². The van der Waals surface area contributed by atoms with Gasteiger partial charge in [-0.25, -0.2) is 4.79 Å². The molecule has 0 unspecified atom stereocenters. The lowest BCUT2D eigenvalue weighted by Gasteiger charge is -2.02. The minimum absolute atomic E-state index is 0.286. The zero-order valence-electron chi connectivity index (χ0n) is 7.05. The van der Waals surface area contributed by atoms with Gasteiger partial charge in [0.2, 0.25) is 0 Å². The molecule has 0 heterocycles. The van der Waals surface area contributed by atoms with E-state index in [1.54, 1.807) is 18.7 Å². The maximum atomic E-state index is 10.8. The van der Waals surface area contributed by atoms with Crippen molar-refractivity contribution >= 4 is 17.7 Å². The average molecular weight is 174 g/mol. The van der Waals surface area contributed by atoms with E-state index in [1.165, 1.54) is 0 Å². The molecule has 0 atom stereocenters. The molecule has 0 N–H and O–H groups in total. The molecule has 0 fully saturated rings. The molecular weight excluding hydrogens is 160 g/mol. The van der Waals surface area contributed by atoms with Gasteiger partial charge in [-0.1, -0.05) is 6.58 Å². The van der Waals surface area contributed by atoms with Crippen LogP contribution in [0.3, 0.4) is 0 Å². The van der Waals surface area contributed by atoms with Crippen LogP contribution in [-0.2, 0) is 9.53 Å². The van der Waals surface area contributed by atoms with Gasteiger partial charge in [-0.05, 0) is 25.4 Å². The summed E-state index contributed by atoms with van der Waals surface area (Å²) in [6.07, 6.45) is 2.95. The highest BCUT2D eigenvalue weighted by Gasteiger charge is 2.00. The summed E-state index contributed by atoms with van der Waals surface area (Å²) in [7, 11) is 0. The molecule has 11 heavy (non-hydrogen) atoms. The maximum Gasteiger partial charge on any atom is 0.333 e. The Kier molecular flexibility index (Phi) is 6.03. The number of carbonyl (C=O) groups is 1. The number of rotatable bonds is 5. The normalized spacial score (nSPS) is 9.27. The van der Waals surface area contributed by atoms with Crippen molar-refractivity contribution in [2.45, 2.75) is 13.3 Å². The van der Waals surface area contributed by atoms with Crippen molar-refractivity contribution < 1.29 is 9.53 Å². The second-order valence-electron chi connectivity index (χ2n) is 2.26.